The smallest absolute Gasteiger partial charge is 0.227 e. The number of ether oxygens (including phenoxy) is 2. The van der Waals surface area contributed by atoms with Crippen molar-refractivity contribution < 1.29 is 19.1 Å². The fourth-order valence-electron chi connectivity index (χ4n) is 5.08. The lowest BCUT2D eigenvalue weighted by Crippen LogP contribution is -2.39. The van der Waals surface area contributed by atoms with Crippen LogP contribution in [-0.4, -0.2) is 23.8 Å². The van der Waals surface area contributed by atoms with Gasteiger partial charge in [-0.15, -0.1) is 0 Å². The molecule has 0 bridgehead atoms. The summed E-state index contributed by atoms with van der Waals surface area (Å²) in [4.78, 5) is 27.6. The zero-order valence-corrected chi connectivity index (χ0v) is 20.1. The second kappa shape index (κ2) is 10.3. The summed E-state index contributed by atoms with van der Waals surface area (Å²) >= 11 is 0. The monoisotopic (exact) mass is 469 g/mol. The third kappa shape index (κ3) is 5.24. The number of carbonyl (C=O) groups excluding carboxylic acids is 2. The van der Waals surface area contributed by atoms with Crippen LogP contribution in [0.3, 0.4) is 0 Å². The number of carbonyl (C=O) groups is 2. The number of fused-ring (bicyclic) bond motifs is 3. The number of hydrogen-bond acceptors (Lipinski definition) is 4. The first-order valence-electron chi connectivity index (χ1n) is 12.5. The van der Waals surface area contributed by atoms with Crippen LogP contribution in [0.5, 0.6) is 11.5 Å². The summed E-state index contributed by atoms with van der Waals surface area (Å²) in [5.74, 6) is 1.21. The van der Waals surface area contributed by atoms with Gasteiger partial charge in [-0.3, -0.25) is 9.59 Å². The quantitative estimate of drug-likeness (QED) is 0.378. The first-order chi connectivity index (χ1) is 17.1. The molecule has 0 spiro atoms. The second-order valence-electron chi connectivity index (χ2n) is 9.48. The lowest BCUT2D eigenvalue weighted by Gasteiger charge is -2.32. The van der Waals surface area contributed by atoms with E-state index in [1.54, 1.807) is 4.90 Å². The van der Waals surface area contributed by atoms with E-state index in [9.17, 15) is 9.59 Å². The van der Waals surface area contributed by atoms with Crippen molar-refractivity contribution in [2.24, 2.45) is 0 Å². The average molecular weight is 470 g/mol. The van der Waals surface area contributed by atoms with Crippen LogP contribution >= 0.6 is 0 Å². The van der Waals surface area contributed by atoms with Crippen LogP contribution in [0.1, 0.15) is 60.5 Å². The Kier molecular flexibility index (Phi) is 6.84. The summed E-state index contributed by atoms with van der Waals surface area (Å²) < 4.78 is 12.5. The Morgan fingerprint density at radius 2 is 1.69 bits per heavy atom. The van der Waals surface area contributed by atoms with Gasteiger partial charge in [-0.05, 0) is 43.7 Å². The lowest BCUT2D eigenvalue weighted by atomic mass is 9.94. The highest BCUT2D eigenvalue weighted by molar-refractivity contribution is 6.12. The summed E-state index contributed by atoms with van der Waals surface area (Å²) in [6.45, 7) is 2.40. The molecule has 2 aliphatic heterocycles. The molecule has 5 nitrogen and oxygen atoms in total. The van der Waals surface area contributed by atoms with E-state index in [1.165, 1.54) is 5.56 Å². The summed E-state index contributed by atoms with van der Waals surface area (Å²) in [5.41, 5.74) is 3.46. The molecule has 2 aliphatic rings. The highest BCUT2D eigenvalue weighted by Crippen LogP contribution is 2.44. The van der Waals surface area contributed by atoms with Crippen LogP contribution in [0.15, 0.2) is 72.8 Å². The molecule has 2 atom stereocenters. The van der Waals surface area contributed by atoms with Crippen molar-refractivity contribution in [2.45, 2.75) is 64.2 Å². The van der Waals surface area contributed by atoms with Gasteiger partial charge >= 0.3 is 0 Å². The van der Waals surface area contributed by atoms with Gasteiger partial charge in [0, 0.05) is 31.0 Å². The molecule has 3 aromatic rings. The Bertz CT molecular complexity index is 1190. The molecule has 1 fully saturated rings. The molecule has 5 rings (SSSR count). The number of amides is 1. The summed E-state index contributed by atoms with van der Waals surface area (Å²) in [6.07, 6.45) is 4.43. The number of ketones is 1. The minimum absolute atomic E-state index is 0.0110. The van der Waals surface area contributed by atoms with Crippen molar-refractivity contribution in [1.29, 1.82) is 0 Å². The third-order valence-corrected chi connectivity index (χ3v) is 6.83. The molecule has 3 aromatic carbocycles. The molecular formula is C30H31NO4. The van der Waals surface area contributed by atoms with E-state index < -0.39 is 0 Å². The van der Waals surface area contributed by atoms with Crippen LogP contribution in [0, 0.1) is 0 Å². The van der Waals surface area contributed by atoms with E-state index in [0.717, 1.165) is 24.8 Å². The molecule has 1 unspecified atom stereocenters. The molecular weight excluding hydrogens is 438 g/mol. The van der Waals surface area contributed by atoms with Crippen molar-refractivity contribution in [1.82, 2.24) is 0 Å². The number of nitrogens with zero attached hydrogens (tertiary/aromatic N) is 1. The van der Waals surface area contributed by atoms with Crippen molar-refractivity contribution >= 4 is 17.4 Å². The Morgan fingerprint density at radius 1 is 0.971 bits per heavy atom. The maximum absolute atomic E-state index is 13.1. The molecule has 0 aliphatic carbocycles. The van der Waals surface area contributed by atoms with Gasteiger partial charge in [0.25, 0.3) is 0 Å². The molecule has 35 heavy (non-hydrogen) atoms. The van der Waals surface area contributed by atoms with Gasteiger partial charge in [0.15, 0.2) is 5.78 Å². The Balaban J connectivity index is 1.37. The predicted molar refractivity (Wildman–Crippen MR) is 136 cm³/mol. The van der Waals surface area contributed by atoms with Crippen molar-refractivity contribution in [3.05, 3.63) is 89.5 Å². The predicted octanol–water partition coefficient (Wildman–Crippen LogP) is 6.14. The Labute approximate surface area is 206 Å². The zero-order chi connectivity index (χ0) is 24.2. The fraction of sp³-hybridized carbons (Fsp3) is 0.333. The highest BCUT2D eigenvalue weighted by atomic mass is 16.5. The fourth-order valence-corrected chi connectivity index (χ4v) is 5.08. The molecule has 180 valence electrons. The largest absolute Gasteiger partial charge is 0.491 e. The lowest BCUT2D eigenvalue weighted by molar-refractivity contribution is -0.117. The van der Waals surface area contributed by atoms with E-state index in [2.05, 4.69) is 31.2 Å². The number of anilines is 1. The highest BCUT2D eigenvalue weighted by Gasteiger charge is 2.41. The molecule has 1 saturated heterocycles. The third-order valence-electron chi connectivity index (χ3n) is 6.83. The topological polar surface area (TPSA) is 55.8 Å². The van der Waals surface area contributed by atoms with Crippen LogP contribution in [-0.2, 0) is 17.8 Å². The van der Waals surface area contributed by atoms with Crippen molar-refractivity contribution in [3.63, 3.8) is 0 Å². The number of aryl methyl sites for hydroxylation is 1. The minimum Gasteiger partial charge on any atom is -0.491 e. The summed E-state index contributed by atoms with van der Waals surface area (Å²) in [5, 5.41) is 0. The zero-order valence-electron chi connectivity index (χ0n) is 20.1. The molecule has 0 radical (unpaired) electrons. The standard InChI is InChI=1S/C30H31NO4/c1-21(9-8-14-22-10-4-2-5-11-22)35-25-18-26-30(27(32)17-24-15-16-29(33)31(24)26)28(19-25)34-20-23-12-6-3-7-13-23/h2-7,10-13,18-19,21,24H,8-9,14-17,20H2,1H3/t21?,24-/m1/s1. The van der Waals surface area contributed by atoms with E-state index in [-0.39, 0.29) is 23.8 Å². The average Bonchev–Trinajstić information content (AvgIpc) is 3.24. The summed E-state index contributed by atoms with van der Waals surface area (Å²) in [6, 6.07) is 23.9. The van der Waals surface area contributed by atoms with Gasteiger partial charge in [-0.25, -0.2) is 0 Å². The van der Waals surface area contributed by atoms with Crippen LogP contribution in [0.4, 0.5) is 5.69 Å². The number of hydrogen-bond donors (Lipinski definition) is 0. The molecule has 1 amide bonds. The van der Waals surface area contributed by atoms with E-state index >= 15 is 0 Å². The normalized spacial score (nSPS) is 17.6. The SMILES string of the molecule is CC(CCCc1ccccc1)Oc1cc(OCc2ccccc2)c2c(c1)N1C(=O)CC[C@@H]1CC2=O. The van der Waals surface area contributed by atoms with Gasteiger partial charge < -0.3 is 14.4 Å². The molecule has 0 N–H and O–H groups in total. The second-order valence-corrected chi connectivity index (χ2v) is 9.48. The van der Waals surface area contributed by atoms with Gasteiger partial charge in [0.2, 0.25) is 5.91 Å². The molecule has 5 heteroatoms. The van der Waals surface area contributed by atoms with Gasteiger partial charge in [-0.1, -0.05) is 60.7 Å². The van der Waals surface area contributed by atoms with E-state index in [1.807, 2.05) is 48.5 Å². The Morgan fingerprint density at radius 3 is 2.43 bits per heavy atom. The van der Waals surface area contributed by atoms with Crippen molar-refractivity contribution in [3.8, 4) is 11.5 Å². The molecule has 2 heterocycles. The maximum Gasteiger partial charge on any atom is 0.227 e. The van der Waals surface area contributed by atoms with Crippen LogP contribution in [0.25, 0.3) is 0 Å². The van der Waals surface area contributed by atoms with E-state index in [0.29, 0.717) is 48.6 Å². The van der Waals surface area contributed by atoms with Gasteiger partial charge in [0.1, 0.15) is 18.1 Å². The number of rotatable bonds is 9. The van der Waals surface area contributed by atoms with Crippen molar-refractivity contribution in [2.75, 3.05) is 4.90 Å². The van der Waals surface area contributed by atoms with Gasteiger partial charge in [-0.2, -0.15) is 0 Å². The van der Waals surface area contributed by atoms with Crippen LogP contribution in [0.2, 0.25) is 0 Å². The molecule has 0 aromatic heterocycles. The van der Waals surface area contributed by atoms with E-state index in [4.69, 9.17) is 9.47 Å². The first kappa shape index (κ1) is 23.2. The Hall–Kier alpha value is -3.60. The van der Waals surface area contributed by atoms with Gasteiger partial charge in [0.05, 0.1) is 17.4 Å². The first-order valence-corrected chi connectivity index (χ1v) is 12.5. The molecule has 0 saturated carbocycles. The maximum atomic E-state index is 13.1. The number of Topliss-reactive ketones (excluding diaryl/α,β-unsaturated/α-hetero) is 1. The number of benzene rings is 3. The minimum atomic E-state index is -0.0666. The summed E-state index contributed by atoms with van der Waals surface area (Å²) in [7, 11) is 0. The van der Waals surface area contributed by atoms with Crippen LogP contribution < -0.4 is 14.4 Å².